The van der Waals surface area contributed by atoms with Crippen LogP contribution in [0.4, 0.5) is 0 Å². The number of hydrogen-bond acceptors (Lipinski definition) is 7. The predicted molar refractivity (Wildman–Crippen MR) is 169 cm³/mol. The molecule has 0 spiro atoms. The Kier molecular flexibility index (Phi) is 9.10. The molecule has 0 radical (unpaired) electrons. The van der Waals surface area contributed by atoms with Gasteiger partial charge in [0.15, 0.2) is 4.80 Å². The summed E-state index contributed by atoms with van der Waals surface area (Å²) >= 11 is 1.27. The lowest BCUT2D eigenvalue weighted by molar-refractivity contribution is -0.127. The van der Waals surface area contributed by atoms with Gasteiger partial charge in [-0.05, 0) is 68.3 Å². The van der Waals surface area contributed by atoms with Crippen molar-refractivity contribution in [3.8, 4) is 11.5 Å². The number of para-hydroxylation sites is 1. The summed E-state index contributed by atoms with van der Waals surface area (Å²) in [7, 11) is 1.57. The van der Waals surface area contributed by atoms with Crippen molar-refractivity contribution >= 4 is 29.3 Å². The van der Waals surface area contributed by atoms with E-state index in [2.05, 4.69) is 0 Å². The summed E-state index contributed by atoms with van der Waals surface area (Å²) < 4.78 is 13.6. The van der Waals surface area contributed by atoms with Gasteiger partial charge in [-0.25, -0.2) is 9.79 Å². The maximum Gasteiger partial charge on any atom is 0.335 e. The Morgan fingerprint density at radius 1 is 1.05 bits per heavy atom. The van der Waals surface area contributed by atoms with Gasteiger partial charge in [-0.15, -0.1) is 0 Å². The third-order valence-electron chi connectivity index (χ3n) is 7.49. The molecule has 1 aliphatic rings. The molecule has 0 saturated heterocycles. The number of carbonyl (C=O) groups excluding carboxylic acids is 1. The molecule has 9 nitrogen and oxygen atoms in total. The SMILES string of the molecule is CCN(CC)C(=O)C1=C(C)N=c2s/c(=C/c3ccc(OCc4cccc(C(=O)O)c4)cc3)c(=O)n2[C@H]1c1ccccc1OC. The molecule has 1 N–H and O–H groups in total. The molecule has 1 amide bonds. The molecule has 4 aromatic rings. The highest BCUT2D eigenvalue weighted by molar-refractivity contribution is 7.07. The molecule has 0 unspecified atom stereocenters. The number of benzene rings is 3. The van der Waals surface area contributed by atoms with Crippen LogP contribution >= 0.6 is 11.3 Å². The Morgan fingerprint density at radius 3 is 2.45 bits per heavy atom. The zero-order valence-corrected chi connectivity index (χ0v) is 25.8. The van der Waals surface area contributed by atoms with Gasteiger partial charge in [0.1, 0.15) is 24.1 Å². The number of nitrogens with zero attached hydrogens (tertiary/aromatic N) is 3. The lowest BCUT2D eigenvalue weighted by atomic mass is 9.94. The largest absolute Gasteiger partial charge is 0.496 e. The van der Waals surface area contributed by atoms with Crippen LogP contribution in [0.3, 0.4) is 0 Å². The molecule has 0 aliphatic carbocycles. The zero-order valence-electron chi connectivity index (χ0n) is 24.9. The standard InChI is InChI=1S/C34H33N3O6S/c1-5-36(6-2)32(39)29-21(3)35-34-37(30(29)26-12-7-8-13-27(26)42-4)31(38)28(44-34)19-22-14-16-25(17-15-22)43-20-23-10-9-11-24(18-23)33(40)41/h7-19,30H,5-6,20H2,1-4H3,(H,40,41)/b28-19+/t30-/m0/s1. The lowest BCUT2D eigenvalue weighted by Gasteiger charge is -2.29. The van der Waals surface area contributed by atoms with Crippen molar-refractivity contribution in [3.63, 3.8) is 0 Å². The van der Waals surface area contributed by atoms with Gasteiger partial charge in [-0.3, -0.25) is 14.2 Å². The van der Waals surface area contributed by atoms with Gasteiger partial charge < -0.3 is 19.5 Å². The van der Waals surface area contributed by atoms with Crippen molar-refractivity contribution < 1.29 is 24.2 Å². The van der Waals surface area contributed by atoms with Gasteiger partial charge in [-0.1, -0.05) is 53.8 Å². The van der Waals surface area contributed by atoms with E-state index in [0.717, 1.165) is 11.1 Å². The normalized spacial score (nSPS) is 14.5. The number of methoxy groups -OCH3 is 1. The Bertz CT molecular complexity index is 1920. The number of rotatable bonds is 10. The van der Waals surface area contributed by atoms with E-state index in [-0.39, 0.29) is 23.6 Å². The van der Waals surface area contributed by atoms with Crippen LogP contribution in [0.5, 0.6) is 11.5 Å². The number of carbonyl (C=O) groups is 2. The summed E-state index contributed by atoms with van der Waals surface area (Å²) in [6.07, 6.45) is 1.80. The van der Waals surface area contributed by atoms with Gasteiger partial charge >= 0.3 is 5.97 Å². The number of likely N-dealkylation sites (N-methyl/N-ethyl adjacent to an activating group) is 1. The minimum atomic E-state index is -0.988. The molecule has 0 saturated carbocycles. The first kappa shape index (κ1) is 30.5. The van der Waals surface area contributed by atoms with Gasteiger partial charge in [0.25, 0.3) is 11.5 Å². The molecule has 3 aromatic carbocycles. The third kappa shape index (κ3) is 6.07. The van der Waals surface area contributed by atoms with E-state index in [9.17, 15) is 19.5 Å². The summed E-state index contributed by atoms with van der Waals surface area (Å²) in [4.78, 5) is 46.0. The number of aromatic carboxylic acids is 1. The molecule has 10 heteroatoms. The van der Waals surface area contributed by atoms with Gasteiger partial charge in [-0.2, -0.15) is 0 Å². The fraction of sp³-hybridized carbons (Fsp3) is 0.235. The maximum absolute atomic E-state index is 14.0. The van der Waals surface area contributed by atoms with Crippen LogP contribution in [-0.4, -0.2) is 46.6 Å². The fourth-order valence-corrected chi connectivity index (χ4v) is 6.28. The van der Waals surface area contributed by atoms with Crippen molar-refractivity contribution in [3.05, 3.63) is 126 Å². The van der Waals surface area contributed by atoms with Gasteiger partial charge in [0.05, 0.1) is 28.5 Å². The molecule has 44 heavy (non-hydrogen) atoms. The van der Waals surface area contributed by atoms with E-state index in [1.165, 1.54) is 17.4 Å². The van der Waals surface area contributed by atoms with Crippen molar-refractivity contribution in [1.29, 1.82) is 0 Å². The van der Waals surface area contributed by atoms with Crippen molar-refractivity contribution in [2.45, 2.75) is 33.4 Å². The second-order valence-electron chi connectivity index (χ2n) is 10.2. The van der Waals surface area contributed by atoms with Crippen LogP contribution in [0, 0.1) is 0 Å². The predicted octanol–water partition coefficient (Wildman–Crippen LogP) is 4.39. The Balaban J connectivity index is 1.50. The van der Waals surface area contributed by atoms with Crippen LogP contribution in [0.2, 0.25) is 0 Å². The minimum absolute atomic E-state index is 0.160. The highest BCUT2D eigenvalue weighted by atomic mass is 32.1. The molecular formula is C34H33N3O6S. The van der Waals surface area contributed by atoms with E-state index >= 15 is 0 Å². The average Bonchev–Trinajstić information content (AvgIpc) is 3.34. The molecule has 2 heterocycles. The van der Waals surface area contributed by atoms with Crippen LogP contribution < -0.4 is 24.4 Å². The number of allylic oxidation sites excluding steroid dienone is 1. The lowest BCUT2D eigenvalue weighted by Crippen LogP contribution is -2.43. The summed E-state index contributed by atoms with van der Waals surface area (Å²) in [5.41, 5.74) is 3.22. The Labute approximate surface area is 258 Å². The second-order valence-corrected chi connectivity index (χ2v) is 11.2. The van der Waals surface area contributed by atoms with Crippen molar-refractivity contribution in [2.75, 3.05) is 20.2 Å². The smallest absolute Gasteiger partial charge is 0.335 e. The van der Waals surface area contributed by atoms with E-state index in [1.807, 2.05) is 63.2 Å². The first-order valence-corrected chi connectivity index (χ1v) is 15.1. The third-order valence-corrected chi connectivity index (χ3v) is 8.48. The quantitative estimate of drug-likeness (QED) is 0.285. The van der Waals surface area contributed by atoms with E-state index in [1.54, 1.807) is 46.9 Å². The number of carboxylic acid groups (broad SMARTS) is 1. The molecule has 5 rings (SSSR count). The number of carboxylic acids is 1. The number of ether oxygens (including phenoxy) is 2. The minimum Gasteiger partial charge on any atom is -0.496 e. The first-order chi connectivity index (χ1) is 21.2. The maximum atomic E-state index is 14.0. The van der Waals surface area contributed by atoms with E-state index in [4.69, 9.17) is 14.5 Å². The first-order valence-electron chi connectivity index (χ1n) is 14.3. The van der Waals surface area contributed by atoms with Crippen LogP contribution in [0.15, 0.2) is 93.9 Å². The Morgan fingerprint density at radius 2 is 1.77 bits per heavy atom. The molecule has 1 aromatic heterocycles. The summed E-state index contributed by atoms with van der Waals surface area (Å²) in [5.74, 6) is 0.0388. The van der Waals surface area contributed by atoms with Crippen molar-refractivity contribution in [1.82, 2.24) is 9.47 Å². The van der Waals surface area contributed by atoms with E-state index in [0.29, 0.717) is 50.8 Å². The summed E-state index contributed by atoms with van der Waals surface area (Å²) in [5, 5.41) is 9.21. The highest BCUT2D eigenvalue weighted by Gasteiger charge is 2.35. The summed E-state index contributed by atoms with van der Waals surface area (Å²) in [6.45, 7) is 6.95. The molecular weight excluding hydrogens is 578 g/mol. The highest BCUT2D eigenvalue weighted by Crippen LogP contribution is 2.36. The number of hydrogen-bond donors (Lipinski definition) is 1. The topological polar surface area (TPSA) is 110 Å². The molecule has 1 aliphatic heterocycles. The number of fused-ring (bicyclic) bond motifs is 1. The second kappa shape index (κ2) is 13.1. The molecule has 0 fully saturated rings. The number of thiazole rings is 1. The fourth-order valence-electron chi connectivity index (χ4n) is 5.24. The zero-order chi connectivity index (χ0) is 31.4. The van der Waals surface area contributed by atoms with Crippen molar-refractivity contribution in [2.24, 2.45) is 4.99 Å². The number of amides is 1. The summed E-state index contributed by atoms with van der Waals surface area (Å²) in [6, 6.07) is 20.6. The van der Waals surface area contributed by atoms with Gasteiger partial charge in [0, 0.05) is 18.7 Å². The average molecular weight is 612 g/mol. The number of aromatic nitrogens is 1. The Hall–Kier alpha value is -4.96. The molecule has 226 valence electrons. The van der Waals surface area contributed by atoms with Crippen LogP contribution in [0.25, 0.3) is 6.08 Å². The van der Waals surface area contributed by atoms with E-state index < -0.39 is 12.0 Å². The van der Waals surface area contributed by atoms with Crippen LogP contribution in [-0.2, 0) is 11.4 Å². The monoisotopic (exact) mass is 611 g/mol. The molecule has 1 atom stereocenters. The van der Waals surface area contributed by atoms with Crippen LogP contribution in [0.1, 0.15) is 53.9 Å². The van der Waals surface area contributed by atoms with Gasteiger partial charge in [0.2, 0.25) is 0 Å². The molecule has 0 bridgehead atoms.